The number of carbonyl (C=O) groups is 2. The Kier molecular flexibility index (Phi) is 7.94. The summed E-state index contributed by atoms with van der Waals surface area (Å²) >= 11 is 0. The van der Waals surface area contributed by atoms with Crippen molar-refractivity contribution in [3.63, 3.8) is 0 Å². The SMILES string of the molecule is CCC.O=CNCC(=O)N1CCC2C1CCN2C1CCC(C2=C=C=CC=C2)CC1. The highest BCUT2D eigenvalue weighted by atomic mass is 16.2. The van der Waals surface area contributed by atoms with Crippen molar-refractivity contribution >= 4 is 12.3 Å². The summed E-state index contributed by atoms with van der Waals surface area (Å²) in [5, 5.41) is 2.51. The molecule has 5 heteroatoms. The number of carbonyl (C=O) groups excluding carboxylic acids is 2. The van der Waals surface area contributed by atoms with Crippen LogP contribution in [0.25, 0.3) is 0 Å². The molecule has 0 aromatic carbocycles. The summed E-state index contributed by atoms with van der Waals surface area (Å²) in [5.74, 6) is 0.684. The second-order valence-electron chi connectivity index (χ2n) is 8.50. The van der Waals surface area contributed by atoms with Crippen LogP contribution >= 0.6 is 0 Å². The van der Waals surface area contributed by atoms with Gasteiger partial charge in [-0.3, -0.25) is 14.5 Å². The minimum absolute atomic E-state index is 0.0611. The van der Waals surface area contributed by atoms with Gasteiger partial charge in [0.2, 0.25) is 12.3 Å². The van der Waals surface area contributed by atoms with Gasteiger partial charge in [0.1, 0.15) is 0 Å². The molecule has 2 unspecified atom stereocenters. The minimum Gasteiger partial charge on any atom is -0.350 e. The van der Waals surface area contributed by atoms with Gasteiger partial charge < -0.3 is 10.2 Å². The Labute approximate surface area is 175 Å². The average molecular weight is 398 g/mol. The lowest BCUT2D eigenvalue weighted by molar-refractivity contribution is -0.132. The van der Waals surface area contributed by atoms with Crippen molar-refractivity contribution in [2.75, 3.05) is 19.6 Å². The highest BCUT2D eigenvalue weighted by Gasteiger charge is 2.46. The molecule has 158 valence electrons. The van der Waals surface area contributed by atoms with Crippen LogP contribution in [-0.2, 0) is 9.59 Å². The molecule has 2 aliphatic carbocycles. The number of likely N-dealkylation sites (tertiary alicyclic amines) is 2. The van der Waals surface area contributed by atoms with E-state index in [1.807, 2.05) is 11.0 Å². The topological polar surface area (TPSA) is 52.7 Å². The van der Waals surface area contributed by atoms with Crippen molar-refractivity contribution < 1.29 is 9.59 Å². The van der Waals surface area contributed by atoms with Crippen molar-refractivity contribution in [3.05, 3.63) is 35.3 Å². The standard InChI is InChI=1S/C21H27N3O2.C3H8/c25-15-22-14-21(26)24-13-11-19-20(24)10-12-23(19)18-8-6-17(7-9-18)16-4-2-1-3-5-16;1-3-2/h1-2,4,15,17-20H,6-14H2,(H,22,25);3H2,1-2H3. The summed E-state index contributed by atoms with van der Waals surface area (Å²) in [7, 11) is 0. The van der Waals surface area contributed by atoms with Gasteiger partial charge in [0.25, 0.3) is 0 Å². The van der Waals surface area contributed by atoms with Crippen LogP contribution in [0, 0.1) is 5.92 Å². The molecule has 0 radical (unpaired) electrons. The zero-order valence-corrected chi connectivity index (χ0v) is 17.9. The number of allylic oxidation sites excluding steroid dienone is 4. The zero-order chi connectivity index (χ0) is 20.6. The lowest BCUT2D eigenvalue weighted by Crippen LogP contribution is -2.45. The van der Waals surface area contributed by atoms with E-state index < -0.39 is 0 Å². The van der Waals surface area contributed by atoms with E-state index in [-0.39, 0.29) is 12.5 Å². The molecule has 3 fully saturated rings. The van der Waals surface area contributed by atoms with Crippen LogP contribution in [0.2, 0.25) is 0 Å². The van der Waals surface area contributed by atoms with Crippen LogP contribution in [0.15, 0.2) is 35.3 Å². The molecule has 29 heavy (non-hydrogen) atoms. The Bertz CT molecular complexity index is 708. The maximum atomic E-state index is 12.3. The molecular formula is C24H35N3O2. The van der Waals surface area contributed by atoms with Crippen molar-refractivity contribution in [3.8, 4) is 0 Å². The van der Waals surface area contributed by atoms with E-state index in [0.717, 1.165) is 25.9 Å². The van der Waals surface area contributed by atoms with Crippen molar-refractivity contribution in [1.82, 2.24) is 15.1 Å². The lowest BCUT2D eigenvalue weighted by atomic mass is 9.80. The first-order valence-corrected chi connectivity index (χ1v) is 11.3. The fraction of sp³-hybridized carbons (Fsp3) is 0.667. The van der Waals surface area contributed by atoms with Gasteiger partial charge in [0.15, 0.2) is 0 Å². The Morgan fingerprint density at radius 1 is 1.14 bits per heavy atom. The maximum Gasteiger partial charge on any atom is 0.242 e. The summed E-state index contributed by atoms with van der Waals surface area (Å²) in [4.78, 5) is 27.4. The van der Waals surface area contributed by atoms with Crippen LogP contribution in [0.1, 0.15) is 58.8 Å². The molecule has 0 bridgehead atoms. The molecule has 2 amide bonds. The van der Waals surface area contributed by atoms with Gasteiger partial charge in [-0.1, -0.05) is 37.8 Å². The molecule has 1 saturated carbocycles. The Hall–Kier alpha value is -2.06. The summed E-state index contributed by atoms with van der Waals surface area (Å²) in [6.07, 6.45) is 15.1. The third kappa shape index (κ3) is 5.11. The Balaban J connectivity index is 0.000000755. The first-order chi connectivity index (χ1) is 14.2. The smallest absolute Gasteiger partial charge is 0.242 e. The summed E-state index contributed by atoms with van der Waals surface area (Å²) in [6.45, 7) is 6.30. The molecule has 2 saturated heterocycles. The fourth-order valence-corrected chi connectivity index (χ4v) is 5.34. The van der Waals surface area contributed by atoms with Crippen LogP contribution in [0.4, 0.5) is 0 Å². The first-order valence-electron chi connectivity index (χ1n) is 11.3. The van der Waals surface area contributed by atoms with E-state index in [1.54, 1.807) is 0 Å². The molecule has 2 aliphatic heterocycles. The second-order valence-corrected chi connectivity index (χ2v) is 8.50. The molecule has 5 nitrogen and oxygen atoms in total. The van der Waals surface area contributed by atoms with Gasteiger partial charge in [0, 0.05) is 36.8 Å². The van der Waals surface area contributed by atoms with Crippen LogP contribution in [0.5, 0.6) is 0 Å². The van der Waals surface area contributed by atoms with Crippen molar-refractivity contribution in [2.45, 2.75) is 76.9 Å². The highest BCUT2D eigenvalue weighted by molar-refractivity contribution is 5.80. The number of nitrogens with one attached hydrogen (secondary N) is 1. The summed E-state index contributed by atoms with van der Waals surface area (Å²) in [5.41, 5.74) is 7.68. The summed E-state index contributed by atoms with van der Waals surface area (Å²) < 4.78 is 0. The molecule has 4 rings (SSSR count). The zero-order valence-electron chi connectivity index (χ0n) is 17.9. The molecule has 2 heterocycles. The van der Waals surface area contributed by atoms with Crippen molar-refractivity contribution in [2.24, 2.45) is 5.92 Å². The van der Waals surface area contributed by atoms with E-state index in [1.165, 1.54) is 37.7 Å². The number of rotatable bonds is 5. The molecule has 0 aromatic heterocycles. The number of fused-ring (bicyclic) bond motifs is 1. The van der Waals surface area contributed by atoms with Crippen LogP contribution in [0.3, 0.4) is 0 Å². The molecule has 0 aromatic rings. The second kappa shape index (κ2) is 10.6. The Morgan fingerprint density at radius 3 is 2.52 bits per heavy atom. The first kappa shape index (κ1) is 21.6. The number of hydrogen-bond donors (Lipinski definition) is 1. The third-order valence-corrected chi connectivity index (χ3v) is 6.55. The molecule has 4 aliphatic rings. The quantitative estimate of drug-likeness (QED) is 0.573. The molecule has 0 spiro atoms. The number of amides is 2. The van der Waals surface area contributed by atoms with Gasteiger partial charge in [0.05, 0.1) is 6.54 Å². The largest absolute Gasteiger partial charge is 0.350 e. The van der Waals surface area contributed by atoms with E-state index in [0.29, 0.717) is 30.5 Å². The van der Waals surface area contributed by atoms with E-state index in [9.17, 15) is 9.59 Å². The normalized spacial score (nSPS) is 30.4. The monoisotopic (exact) mass is 397 g/mol. The maximum absolute atomic E-state index is 12.3. The van der Waals surface area contributed by atoms with Gasteiger partial charge in [-0.2, -0.15) is 0 Å². The minimum atomic E-state index is 0.0611. The highest BCUT2D eigenvalue weighted by Crippen LogP contribution is 2.39. The number of nitrogens with zero attached hydrogens (tertiary/aromatic N) is 2. The fourth-order valence-electron chi connectivity index (χ4n) is 5.34. The number of hydrogen-bond acceptors (Lipinski definition) is 3. The molecule has 1 N–H and O–H groups in total. The molecular weight excluding hydrogens is 362 g/mol. The van der Waals surface area contributed by atoms with E-state index in [2.05, 4.69) is 47.7 Å². The van der Waals surface area contributed by atoms with Crippen molar-refractivity contribution in [1.29, 1.82) is 0 Å². The molecule has 2 atom stereocenters. The van der Waals surface area contributed by atoms with Gasteiger partial charge >= 0.3 is 0 Å². The van der Waals surface area contributed by atoms with E-state index in [4.69, 9.17) is 0 Å². The summed E-state index contributed by atoms with van der Waals surface area (Å²) in [6, 6.07) is 1.50. The van der Waals surface area contributed by atoms with Crippen LogP contribution in [-0.4, -0.2) is 59.9 Å². The third-order valence-electron chi connectivity index (χ3n) is 6.55. The average Bonchev–Trinajstić information content (AvgIpc) is 3.36. The van der Waals surface area contributed by atoms with Gasteiger partial charge in [-0.25, -0.2) is 0 Å². The van der Waals surface area contributed by atoms with Crippen LogP contribution < -0.4 is 5.32 Å². The predicted octanol–water partition coefficient (Wildman–Crippen LogP) is 3.19. The van der Waals surface area contributed by atoms with Gasteiger partial charge in [-0.05, 0) is 56.6 Å². The van der Waals surface area contributed by atoms with E-state index >= 15 is 0 Å². The Morgan fingerprint density at radius 2 is 1.86 bits per heavy atom. The van der Waals surface area contributed by atoms with Gasteiger partial charge in [-0.15, -0.1) is 0 Å². The predicted molar refractivity (Wildman–Crippen MR) is 115 cm³/mol. The lowest BCUT2D eigenvalue weighted by Gasteiger charge is -2.37.